The van der Waals surface area contributed by atoms with Gasteiger partial charge in [0.15, 0.2) is 0 Å². The summed E-state index contributed by atoms with van der Waals surface area (Å²) in [5.74, 6) is 1.07. The molecule has 0 amide bonds. The van der Waals surface area contributed by atoms with Gasteiger partial charge in [-0.05, 0) is 11.8 Å². The maximum Gasteiger partial charge on any atom is 0.445 e. The molecule has 2 saturated heterocycles. The number of nitrogens with zero attached hydrogens (tertiary/aromatic N) is 3. The Morgan fingerprint density at radius 3 is 2.35 bits per heavy atom. The van der Waals surface area contributed by atoms with Crippen LogP contribution in [-0.2, 0) is 6.18 Å². The van der Waals surface area contributed by atoms with Gasteiger partial charge in [-0.15, -0.1) is 10.2 Å². The van der Waals surface area contributed by atoms with Gasteiger partial charge in [-0.1, -0.05) is 11.3 Å². The second kappa shape index (κ2) is 3.81. The SMILES string of the molecule is FC(F)(F)c1nnc(N2C[C@H]3CNC[C@H]3C2)s1. The number of rotatable bonds is 1. The third kappa shape index (κ3) is 1.99. The zero-order chi connectivity index (χ0) is 12.0. The highest BCUT2D eigenvalue weighted by molar-refractivity contribution is 7.15. The van der Waals surface area contributed by atoms with E-state index in [0.29, 0.717) is 28.3 Å². The first kappa shape index (κ1) is 11.2. The molecule has 0 aliphatic carbocycles. The lowest BCUT2D eigenvalue weighted by atomic mass is 10.0. The summed E-state index contributed by atoms with van der Waals surface area (Å²) in [5.41, 5.74) is 0. The molecule has 1 N–H and O–H groups in total. The predicted molar refractivity (Wildman–Crippen MR) is 57.0 cm³/mol. The van der Waals surface area contributed by atoms with E-state index >= 15 is 0 Å². The number of halogens is 3. The summed E-state index contributed by atoms with van der Waals surface area (Å²) in [7, 11) is 0. The average molecular weight is 264 g/mol. The van der Waals surface area contributed by atoms with E-state index in [1.807, 2.05) is 4.90 Å². The van der Waals surface area contributed by atoms with Gasteiger partial charge in [0.05, 0.1) is 0 Å². The minimum absolute atomic E-state index is 0.395. The Bertz CT molecular complexity index is 407. The molecular weight excluding hydrogens is 253 g/mol. The molecule has 2 aliphatic heterocycles. The van der Waals surface area contributed by atoms with Crippen molar-refractivity contribution in [3.63, 3.8) is 0 Å². The van der Waals surface area contributed by atoms with Crippen molar-refractivity contribution < 1.29 is 13.2 Å². The normalized spacial score (nSPS) is 28.8. The van der Waals surface area contributed by atoms with Crippen LogP contribution in [-0.4, -0.2) is 36.4 Å². The first-order valence-electron chi connectivity index (χ1n) is 5.40. The molecule has 0 unspecified atom stereocenters. The number of hydrogen-bond donors (Lipinski definition) is 1. The summed E-state index contributed by atoms with van der Waals surface area (Å²) in [4.78, 5) is 1.92. The fraction of sp³-hybridized carbons (Fsp3) is 0.778. The van der Waals surface area contributed by atoms with Crippen LogP contribution in [0.4, 0.5) is 18.3 Å². The van der Waals surface area contributed by atoms with E-state index in [1.165, 1.54) is 0 Å². The second-order valence-electron chi connectivity index (χ2n) is 4.47. The molecule has 2 atom stereocenters. The lowest BCUT2D eigenvalue weighted by molar-refractivity contribution is -0.138. The third-order valence-corrected chi connectivity index (χ3v) is 4.35. The molecule has 0 saturated carbocycles. The van der Waals surface area contributed by atoms with Gasteiger partial charge in [-0.2, -0.15) is 13.2 Å². The van der Waals surface area contributed by atoms with Crippen LogP contribution in [0, 0.1) is 11.8 Å². The number of hydrogen-bond acceptors (Lipinski definition) is 5. The minimum atomic E-state index is -4.38. The Labute approximate surface area is 99.8 Å². The average Bonchev–Trinajstić information content (AvgIpc) is 2.90. The molecule has 1 aromatic heterocycles. The van der Waals surface area contributed by atoms with Gasteiger partial charge >= 0.3 is 6.18 Å². The van der Waals surface area contributed by atoms with Crippen LogP contribution in [0.1, 0.15) is 5.01 Å². The zero-order valence-electron chi connectivity index (χ0n) is 8.87. The molecule has 3 heterocycles. The fourth-order valence-electron chi connectivity index (χ4n) is 2.47. The summed E-state index contributed by atoms with van der Waals surface area (Å²) in [5, 5.41) is 9.68. The van der Waals surface area contributed by atoms with Crippen LogP contribution in [0.15, 0.2) is 0 Å². The summed E-state index contributed by atoms with van der Waals surface area (Å²) < 4.78 is 37.2. The van der Waals surface area contributed by atoms with Crippen molar-refractivity contribution in [2.75, 3.05) is 31.1 Å². The van der Waals surface area contributed by atoms with Crippen molar-refractivity contribution >= 4 is 16.5 Å². The van der Waals surface area contributed by atoms with E-state index in [4.69, 9.17) is 0 Å². The molecule has 0 radical (unpaired) electrons. The van der Waals surface area contributed by atoms with Crippen LogP contribution >= 0.6 is 11.3 Å². The molecule has 0 aromatic carbocycles. The molecule has 4 nitrogen and oxygen atoms in total. The highest BCUT2D eigenvalue weighted by Crippen LogP contribution is 2.37. The van der Waals surface area contributed by atoms with Crippen LogP contribution < -0.4 is 10.2 Å². The molecule has 1 aromatic rings. The van der Waals surface area contributed by atoms with Gasteiger partial charge in [-0.3, -0.25) is 0 Å². The van der Waals surface area contributed by atoms with Crippen LogP contribution in [0.2, 0.25) is 0 Å². The molecular formula is C9H11F3N4S. The van der Waals surface area contributed by atoms with Crippen molar-refractivity contribution in [2.45, 2.75) is 6.18 Å². The topological polar surface area (TPSA) is 41.1 Å². The molecule has 3 rings (SSSR count). The maximum absolute atomic E-state index is 12.4. The van der Waals surface area contributed by atoms with E-state index in [2.05, 4.69) is 15.5 Å². The van der Waals surface area contributed by atoms with E-state index in [-0.39, 0.29) is 0 Å². The lowest BCUT2D eigenvalue weighted by Gasteiger charge is -2.14. The molecule has 0 spiro atoms. The largest absolute Gasteiger partial charge is 0.445 e. The van der Waals surface area contributed by atoms with Crippen molar-refractivity contribution in [1.29, 1.82) is 0 Å². The molecule has 2 aliphatic rings. The van der Waals surface area contributed by atoms with Crippen LogP contribution in [0.25, 0.3) is 0 Å². The third-order valence-electron chi connectivity index (χ3n) is 3.32. The number of nitrogens with one attached hydrogen (secondary N) is 1. The van der Waals surface area contributed by atoms with Gasteiger partial charge in [-0.25, -0.2) is 0 Å². The summed E-state index contributed by atoms with van der Waals surface area (Å²) >= 11 is 0.634. The predicted octanol–water partition coefficient (Wildman–Crippen LogP) is 1.21. The Kier molecular flexibility index (Phi) is 2.51. The Hall–Kier alpha value is -0.890. The summed E-state index contributed by atoms with van der Waals surface area (Å²) in [6, 6.07) is 0. The summed E-state index contributed by atoms with van der Waals surface area (Å²) in [6.07, 6.45) is -4.38. The van der Waals surface area contributed by atoms with Gasteiger partial charge in [0.25, 0.3) is 0 Å². The quantitative estimate of drug-likeness (QED) is 0.828. The summed E-state index contributed by atoms with van der Waals surface area (Å²) in [6.45, 7) is 3.46. The number of aromatic nitrogens is 2. The number of fused-ring (bicyclic) bond motifs is 1. The molecule has 8 heteroatoms. The molecule has 2 fully saturated rings. The highest BCUT2D eigenvalue weighted by atomic mass is 32.1. The van der Waals surface area contributed by atoms with Crippen LogP contribution in [0.3, 0.4) is 0 Å². The van der Waals surface area contributed by atoms with Gasteiger partial charge in [0.1, 0.15) is 0 Å². The number of anilines is 1. The van der Waals surface area contributed by atoms with E-state index in [1.54, 1.807) is 0 Å². The first-order chi connectivity index (χ1) is 8.04. The highest BCUT2D eigenvalue weighted by Gasteiger charge is 2.40. The first-order valence-corrected chi connectivity index (χ1v) is 6.22. The maximum atomic E-state index is 12.4. The molecule has 94 valence electrons. The van der Waals surface area contributed by atoms with E-state index < -0.39 is 11.2 Å². The second-order valence-corrected chi connectivity index (χ2v) is 5.43. The van der Waals surface area contributed by atoms with Gasteiger partial charge in [0, 0.05) is 26.2 Å². The van der Waals surface area contributed by atoms with Gasteiger partial charge in [0.2, 0.25) is 10.1 Å². The Morgan fingerprint density at radius 1 is 1.18 bits per heavy atom. The standard InChI is InChI=1S/C9H11F3N4S/c10-9(11,12)7-14-15-8(17-7)16-3-5-1-13-2-6(5)4-16/h5-6,13H,1-4H2/t5-,6+. The van der Waals surface area contributed by atoms with E-state index in [0.717, 1.165) is 26.2 Å². The Morgan fingerprint density at radius 2 is 1.82 bits per heavy atom. The van der Waals surface area contributed by atoms with E-state index in [9.17, 15) is 13.2 Å². The Balaban J connectivity index is 1.75. The molecule has 0 bridgehead atoms. The lowest BCUT2D eigenvalue weighted by Crippen LogP contribution is -2.25. The minimum Gasteiger partial charge on any atom is -0.346 e. The van der Waals surface area contributed by atoms with Crippen LogP contribution in [0.5, 0.6) is 0 Å². The van der Waals surface area contributed by atoms with Gasteiger partial charge < -0.3 is 10.2 Å². The fourth-order valence-corrected chi connectivity index (χ4v) is 3.20. The van der Waals surface area contributed by atoms with Crippen molar-refractivity contribution in [3.8, 4) is 0 Å². The monoisotopic (exact) mass is 264 g/mol. The van der Waals surface area contributed by atoms with Crippen molar-refractivity contribution in [2.24, 2.45) is 11.8 Å². The molecule has 17 heavy (non-hydrogen) atoms. The number of alkyl halides is 3. The van der Waals surface area contributed by atoms with Crippen molar-refractivity contribution in [3.05, 3.63) is 5.01 Å². The smallest absolute Gasteiger partial charge is 0.346 e. The zero-order valence-corrected chi connectivity index (χ0v) is 9.68. The van der Waals surface area contributed by atoms with Crippen molar-refractivity contribution in [1.82, 2.24) is 15.5 Å².